The molecule has 0 bridgehead atoms. The highest BCUT2D eigenvalue weighted by Gasteiger charge is 2.24. The number of ether oxygens (including phenoxy) is 1. The van der Waals surface area contributed by atoms with Crippen LogP contribution in [0.4, 0.5) is 5.82 Å². The summed E-state index contributed by atoms with van der Waals surface area (Å²) in [7, 11) is 1.88. The molecule has 0 amide bonds. The first-order valence-electron chi connectivity index (χ1n) is 7.58. The van der Waals surface area contributed by atoms with E-state index in [1.807, 2.05) is 13.2 Å². The molecule has 1 aliphatic heterocycles. The first-order valence-corrected chi connectivity index (χ1v) is 8.37. The van der Waals surface area contributed by atoms with E-state index in [1.54, 1.807) is 21.6 Å². The molecule has 120 valence electrons. The molecule has 2 N–H and O–H groups in total. The first kappa shape index (κ1) is 14.6. The molecule has 0 unspecified atom stereocenters. The minimum atomic E-state index is -0.0259. The summed E-state index contributed by atoms with van der Waals surface area (Å²) in [6.45, 7) is 0.762. The number of nitrogen functional groups attached to an aromatic ring is 1. The van der Waals surface area contributed by atoms with Crippen LogP contribution in [-0.4, -0.2) is 31.0 Å². The highest BCUT2D eigenvalue weighted by atomic mass is 79.9. The van der Waals surface area contributed by atoms with Crippen molar-refractivity contribution >= 4 is 27.4 Å². The van der Waals surface area contributed by atoms with Gasteiger partial charge in [-0.1, -0.05) is 0 Å². The Morgan fingerprint density at radius 1 is 1.30 bits per heavy atom. The van der Waals surface area contributed by atoms with Crippen molar-refractivity contribution in [1.82, 2.24) is 24.4 Å². The van der Waals surface area contributed by atoms with Gasteiger partial charge in [0.15, 0.2) is 5.65 Å². The van der Waals surface area contributed by atoms with Gasteiger partial charge in [-0.25, -0.2) is 4.98 Å². The van der Waals surface area contributed by atoms with Gasteiger partial charge in [0, 0.05) is 31.0 Å². The Kier molecular flexibility index (Phi) is 3.57. The number of hydrogen-bond acceptors (Lipinski definition) is 5. The number of nitrogens with zero attached hydrogens (tertiary/aromatic N) is 5. The van der Waals surface area contributed by atoms with Gasteiger partial charge >= 0.3 is 0 Å². The van der Waals surface area contributed by atoms with Crippen LogP contribution in [0.3, 0.4) is 0 Å². The largest absolute Gasteiger partial charge is 0.383 e. The lowest BCUT2D eigenvalue weighted by Gasteiger charge is -2.23. The van der Waals surface area contributed by atoms with Crippen molar-refractivity contribution in [3.63, 3.8) is 0 Å². The fourth-order valence-electron chi connectivity index (χ4n) is 2.95. The third-order valence-electron chi connectivity index (χ3n) is 4.15. The minimum Gasteiger partial charge on any atom is -0.383 e. The summed E-state index contributed by atoms with van der Waals surface area (Å²) < 4.78 is 10.1. The molecule has 23 heavy (non-hydrogen) atoms. The molecular weight excluding hydrogens is 360 g/mol. The maximum atomic E-state index is 6.26. The molecule has 1 atom stereocenters. The second-order valence-corrected chi connectivity index (χ2v) is 6.54. The average molecular weight is 377 g/mol. The van der Waals surface area contributed by atoms with Crippen LogP contribution in [0.5, 0.6) is 0 Å². The van der Waals surface area contributed by atoms with E-state index in [9.17, 15) is 0 Å². The van der Waals surface area contributed by atoms with E-state index in [-0.39, 0.29) is 6.10 Å². The molecule has 3 aromatic rings. The Hall–Kier alpha value is -1.93. The van der Waals surface area contributed by atoms with Gasteiger partial charge in [0.05, 0.1) is 22.6 Å². The highest BCUT2D eigenvalue weighted by molar-refractivity contribution is 9.10. The van der Waals surface area contributed by atoms with Gasteiger partial charge in [0.25, 0.3) is 0 Å². The zero-order valence-corrected chi connectivity index (χ0v) is 14.3. The van der Waals surface area contributed by atoms with Crippen LogP contribution in [0.25, 0.3) is 16.8 Å². The monoisotopic (exact) mass is 376 g/mol. The smallest absolute Gasteiger partial charge is 0.165 e. The molecule has 0 aliphatic carbocycles. The van der Waals surface area contributed by atoms with Crippen molar-refractivity contribution in [1.29, 1.82) is 0 Å². The molecule has 1 aliphatic rings. The zero-order valence-electron chi connectivity index (χ0n) is 12.7. The fraction of sp³-hybridized carbons (Fsp3) is 0.400. The predicted octanol–water partition coefficient (Wildman–Crippen LogP) is 2.72. The van der Waals surface area contributed by atoms with Crippen molar-refractivity contribution in [3.8, 4) is 11.1 Å². The molecule has 8 heteroatoms. The summed E-state index contributed by atoms with van der Waals surface area (Å²) in [6.07, 6.45) is 8.67. The summed E-state index contributed by atoms with van der Waals surface area (Å²) in [5.74, 6) is 0.536. The van der Waals surface area contributed by atoms with E-state index in [0.29, 0.717) is 5.82 Å². The summed E-state index contributed by atoms with van der Waals surface area (Å²) in [4.78, 5) is 4.82. The second kappa shape index (κ2) is 5.61. The Morgan fingerprint density at radius 3 is 2.87 bits per heavy atom. The molecule has 4 rings (SSSR count). The fourth-order valence-corrected chi connectivity index (χ4v) is 3.46. The first-order chi connectivity index (χ1) is 11.1. The van der Waals surface area contributed by atoms with E-state index >= 15 is 0 Å². The number of fused-ring (bicyclic) bond motifs is 1. The van der Waals surface area contributed by atoms with Crippen molar-refractivity contribution < 1.29 is 4.74 Å². The molecule has 4 heterocycles. The van der Waals surface area contributed by atoms with Gasteiger partial charge in [-0.15, -0.1) is 0 Å². The third kappa shape index (κ3) is 2.42. The molecule has 0 radical (unpaired) electrons. The number of aromatic nitrogens is 5. The van der Waals surface area contributed by atoms with Crippen LogP contribution in [0, 0.1) is 0 Å². The molecule has 1 saturated heterocycles. The Balaban J connectivity index is 1.89. The number of rotatable bonds is 2. The number of hydrogen-bond donors (Lipinski definition) is 1. The standard InChI is InChI=1S/C15H17BrN6O/c1-21-8-9(6-18-21)10-7-19-22-14(17)12(16)13(20-15(10)22)11-4-2-3-5-23-11/h6-8,11H,2-5,17H2,1H3/t11-/m1/s1. The molecule has 7 nitrogen and oxygen atoms in total. The van der Waals surface area contributed by atoms with E-state index in [4.69, 9.17) is 15.5 Å². The summed E-state index contributed by atoms with van der Waals surface area (Å²) in [5.41, 5.74) is 9.71. The summed E-state index contributed by atoms with van der Waals surface area (Å²) >= 11 is 3.56. The number of nitrogens with two attached hydrogens (primary N) is 1. The number of anilines is 1. The second-order valence-electron chi connectivity index (χ2n) is 5.75. The van der Waals surface area contributed by atoms with Gasteiger partial charge < -0.3 is 10.5 Å². The number of aryl methyl sites for hydroxylation is 1. The van der Waals surface area contributed by atoms with E-state index in [2.05, 4.69) is 26.1 Å². The van der Waals surface area contributed by atoms with Crippen LogP contribution in [-0.2, 0) is 11.8 Å². The van der Waals surface area contributed by atoms with Crippen LogP contribution in [0.1, 0.15) is 31.1 Å². The minimum absolute atomic E-state index is 0.0259. The number of halogens is 1. The maximum Gasteiger partial charge on any atom is 0.165 e. The van der Waals surface area contributed by atoms with Gasteiger partial charge in [-0.05, 0) is 35.2 Å². The maximum absolute atomic E-state index is 6.26. The van der Waals surface area contributed by atoms with Crippen LogP contribution < -0.4 is 5.73 Å². The normalized spacial score (nSPS) is 18.6. The van der Waals surface area contributed by atoms with E-state index < -0.39 is 0 Å². The Labute approximate surface area is 141 Å². The topological polar surface area (TPSA) is 83.3 Å². The zero-order chi connectivity index (χ0) is 16.0. The lowest BCUT2D eigenvalue weighted by Crippen LogP contribution is -2.15. The Bertz CT molecular complexity index is 864. The summed E-state index contributed by atoms with van der Waals surface area (Å²) in [5, 5.41) is 8.59. The van der Waals surface area contributed by atoms with Gasteiger partial charge in [-0.2, -0.15) is 14.7 Å². The van der Waals surface area contributed by atoms with Crippen molar-refractivity contribution in [2.24, 2.45) is 7.05 Å². The van der Waals surface area contributed by atoms with Crippen molar-refractivity contribution in [3.05, 3.63) is 28.8 Å². The van der Waals surface area contributed by atoms with Crippen LogP contribution in [0.2, 0.25) is 0 Å². The molecular formula is C15H17BrN6O. The van der Waals surface area contributed by atoms with Gasteiger partial charge in [-0.3, -0.25) is 4.68 Å². The predicted molar refractivity (Wildman–Crippen MR) is 89.8 cm³/mol. The third-order valence-corrected chi connectivity index (χ3v) is 4.96. The van der Waals surface area contributed by atoms with E-state index in [0.717, 1.165) is 52.8 Å². The van der Waals surface area contributed by atoms with Crippen molar-refractivity contribution in [2.45, 2.75) is 25.4 Å². The van der Waals surface area contributed by atoms with Gasteiger partial charge in [0.1, 0.15) is 11.9 Å². The molecule has 3 aromatic heterocycles. The molecule has 0 aromatic carbocycles. The quantitative estimate of drug-likeness (QED) is 0.743. The van der Waals surface area contributed by atoms with E-state index in [1.165, 1.54) is 0 Å². The highest BCUT2D eigenvalue weighted by Crippen LogP contribution is 2.36. The van der Waals surface area contributed by atoms with Gasteiger partial charge in [0.2, 0.25) is 0 Å². The molecule has 0 saturated carbocycles. The van der Waals surface area contributed by atoms with Crippen LogP contribution >= 0.6 is 15.9 Å². The van der Waals surface area contributed by atoms with Crippen molar-refractivity contribution in [2.75, 3.05) is 12.3 Å². The average Bonchev–Trinajstić information content (AvgIpc) is 3.17. The lowest BCUT2D eigenvalue weighted by atomic mass is 10.1. The Morgan fingerprint density at radius 2 is 2.17 bits per heavy atom. The lowest BCUT2D eigenvalue weighted by molar-refractivity contribution is 0.0120. The molecule has 0 spiro atoms. The SMILES string of the molecule is Cn1cc(-c2cnn3c(N)c(Br)c([C@H]4CCCCO4)nc23)cn1. The molecule has 1 fully saturated rings. The van der Waals surface area contributed by atoms with Crippen LogP contribution in [0.15, 0.2) is 23.1 Å². The summed E-state index contributed by atoms with van der Waals surface area (Å²) in [6, 6.07) is 0.